The molecule has 0 heterocycles. The molecule has 0 aliphatic rings. The number of carbonyl (C=O) groups is 2. The van der Waals surface area contributed by atoms with Crippen LogP contribution in [0.15, 0.2) is 24.3 Å². The van der Waals surface area contributed by atoms with Gasteiger partial charge in [0.15, 0.2) is 0 Å². The van der Waals surface area contributed by atoms with Crippen molar-refractivity contribution in [2.45, 2.75) is 58.4 Å². The minimum Gasteiger partial charge on any atom is -0.481 e. The van der Waals surface area contributed by atoms with E-state index in [2.05, 4.69) is 24.4 Å². The van der Waals surface area contributed by atoms with E-state index < -0.39 is 5.97 Å². The second kappa shape index (κ2) is 9.16. The lowest BCUT2D eigenvalue weighted by molar-refractivity contribution is -0.137. The van der Waals surface area contributed by atoms with Gasteiger partial charge in [0.05, 0.1) is 12.8 Å². The molecular weight excluding hydrogens is 266 g/mol. The van der Waals surface area contributed by atoms with Gasteiger partial charge in [-0.2, -0.15) is 0 Å². The number of amides is 1. The highest BCUT2D eigenvalue weighted by atomic mass is 16.4. The highest BCUT2D eigenvalue weighted by Crippen LogP contribution is 2.09. The minimum absolute atomic E-state index is 0.0296. The summed E-state index contributed by atoms with van der Waals surface area (Å²) in [5.41, 5.74) is 2.25. The van der Waals surface area contributed by atoms with Crippen LogP contribution >= 0.6 is 0 Å². The van der Waals surface area contributed by atoms with Crippen molar-refractivity contribution < 1.29 is 14.7 Å². The summed E-state index contributed by atoms with van der Waals surface area (Å²) in [5, 5.41) is 11.5. The Hall–Kier alpha value is -1.84. The van der Waals surface area contributed by atoms with Crippen LogP contribution in [0.2, 0.25) is 0 Å². The fraction of sp³-hybridized carbons (Fsp3) is 0.529. The van der Waals surface area contributed by atoms with Crippen LogP contribution in [0.1, 0.15) is 50.7 Å². The lowest BCUT2D eigenvalue weighted by Crippen LogP contribution is -2.36. The molecule has 1 aromatic rings. The van der Waals surface area contributed by atoms with Crippen molar-refractivity contribution in [2.75, 3.05) is 0 Å². The minimum atomic E-state index is -0.887. The molecule has 4 nitrogen and oxygen atoms in total. The van der Waals surface area contributed by atoms with E-state index in [0.717, 1.165) is 12.0 Å². The molecule has 2 N–H and O–H groups in total. The number of aryl methyl sites for hydroxylation is 1. The zero-order chi connectivity index (χ0) is 15.7. The average molecular weight is 291 g/mol. The number of unbranched alkanes of at least 4 members (excludes halogenated alkanes) is 1. The van der Waals surface area contributed by atoms with E-state index in [4.69, 9.17) is 5.11 Å². The maximum atomic E-state index is 11.9. The summed E-state index contributed by atoms with van der Waals surface area (Å²) < 4.78 is 0. The van der Waals surface area contributed by atoms with E-state index in [1.54, 1.807) is 0 Å². The van der Waals surface area contributed by atoms with Gasteiger partial charge in [0.25, 0.3) is 0 Å². The predicted molar refractivity (Wildman–Crippen MR) is 83.2 cm³/mol. The smallest absolute Gasteiger partial charge is 0.305 e. The molecule has 1 unspecified atom stereocenters. The molecule has 21 heavy (non-hydrogen) atoms. The standard InChI is InChI=1S/C17H25NO3/c1-3-5-6-13-7-9-14(10-8-13)11-16(19)18-15(4-2)12-17(20)21/h7-10,15H,3-6,11-12H2,1-2H3,(H,18,19)(H,20,21). The van der Waals surface area contributed by atoms with Crippen LogP contribution in [0, 0.1) is 0 Å². The number of aliphatic carboxylic acids is 1. The Morgan fingerprint density at radius 1 is 1.14 bits per heavy atom. The van der Waals surface area contributed by atoms with Gasteiger partial charge in [-0.15, -0.1) is 0 Å². The first-order valence-corrected chi connectivity index (χ1v) is 7.64. The molecule has 0 aromatic heterocycles. The molecule has 0 saturated heterocycles. The van der Waals surface area contributed by atoms with Crippen LogP contribution in [0.4, 0.5) is 0 Å². The zero-order valence-corrected chi connectivity index (χ0v) is 12.9. The number of carboxylic acids is 1. The third kappa shape index (κ3) is 6.93. The zero-order valence-electron chi connectivity index (χ0n) is 12.9. The molecule has 1 aromatic carbocycles. The molecule has 4 heteroatoms. The average Bonchev–Trinajstić information content (AvgIpc) is 2.45. The van der Waals surface area contributed by atoms with Gasteiger partial charge < -0.3 is 10.4 Å². The quantitative estimate of drug-likeness (QED) is 0.735. The maximum Gasteiger partial charge on any atom is 0.305 e. The number of benzene rings is 1. The van der Waals surface area contributed by atoms with Crippen LogP contribution < -0.4 is 5.32 Å². The number of hydrogen-bond donors (Lipinski definition) is 2. The van der Waals surface area contributed by atoms with Gasteiger partial charge in [-0.25, -0.2) is 0 Å². The van der Waals surface area contributed by atoms with E-state index in [-0.39, 0.29) is 18.4 Å². The molecule has 116 valence electrons. The summed E-state index contributed by atoms with van der Waals surface area (Å²) in [4.78, 5) is 22.6. The molecule has 0 radical (unpaired) electrons. The van der Waals surface area contributed by atoms with Gasteiger partial charge in [-0.3, -0.25) is 9.59 Å². The third-order valence-electron chi connectivity index (χ3n) is 3.49. The second-order valence-electron chi connectivity index (χ2n) is 5.37. The van der Waals surface area contributed by atoms with E-state index in [1.807, 2.05) is 19.1 Å². The second-order valence-corrected chi connectivity index (χ2v) is 5.37. The Morgan fingerprint density at radius 3 is 2.29 bits per heavy atom. The Labute approximate surface area is 126 Å². The normalized spacial score (nSPS) is 11.9. The van der Waals surface area contributed by atoms with Crippen molar-refractivity contribution in [2.24, 2.45) is 0 Å². The number of carbonyl (C=O) groups excluding carboxylic acids is 1. The van der Waals surface area contributed by atoms with Gasteiger partial charge in [-0.05, 0) is 30.4 Å². The number of nitrogens with one attached hydrogen (secondary N) is 1. The van der Waals surface area contributed by atoms with Gasteiger partial charge >= 0.3 is 5.97 Å². The van der Waals surface area contributed by atoms with Crippen molar-refractivity contribution in [3.05, 3.63) is 35.4 Å². The van der Waals surface area contributed by atoms with E-state index in [1.165, 1.54) is 18.4 Å². The van der Waals surface area contributed by atoms with Crippen molar-refractivity contribution in [1.29, 1.82) is 0 Å². The number of hydrogen-bond acceptors (Lipinski definition) is 2. The van der Waals surface area contributed by atoms with Gasteiger partial charge in [-0.1, -0.05) is 44.5 Å². The first-order chi connectivity index (χ1) is 10.0. The van der Waals surface area contributed by atoms with Crippen molar-refractivity contribution >= 4 is 11.9 Å². The van der Waals surface area contributed by atoms with Crippen molar-refractivity contribution in [3.63, 3.8) is 0 Å². The molecule has 1 atom stereocenters. The molecule has 0 aliphatic carbocycles. The number of rotatable bonds is 9. The Balaban J connectivity index is 2.48. The summed E-state index contributed by atoms with van der Waals surface area (Å²) >= 11 is 0. The highest BCUT2D eigenvalue weighted by molar-refractivity contribution is 5.79. The first-order valence-electron chi connectivity index (χ1n) is 7.64. The molecule has 0 spiro atoms. The summed E-state index contributed by atoms with van der Waals surface area (Å²) in [6.45, 7) is 4.04. The Kier molecular flexibility index (Phi) is 7.51. The van der Waals surface area contributed by atoms with Gasteiger partial charge in [0.2, 0.25) is 5.91 Å². The van der Waals surface area contributed by atoms with Crippen LogP contribution in [-0.2, 0) is 22.4 Å². The molecule has 0 fully saturated rings. The van der Waals surface area contributed by atoms with Gasteiger partial charge in [0.1, 0.15) is 0 Å². The number of carboxylic acid groups (broad SMARTS) is 1. The lowest BCUT2D eigenvalue weighted by atomic mass is 10.0. The molecular formula is C17H25NO3. The van der Waals surface area contributed by atoms with E-state index in [0.29, 0.717) is 12.8 Å². The topological polar surface area (TPSA) is 66.4 Å². The third-order valence-corrected chi connectivity index (χ3v) is 3.49. The highest BCUT2D eigenvalue weighted by Gasteiger charge is 2.14. The van der Waals surface area contributed by atoms with Crippen molar-refractivity contribution in [1.82, 2.24) is 5.32 Å². The maximum absolute atomic E-state index is 11.9. The molecule has 1 amide bonds. The van der Waals surface area contributed by atoms with Crippen molar-refractivity contribution in [3.8, 4) is 0 Å². The fourth-order valence-corrected chi connectivity index (χ4v) is 2.18. The lowest BCUT2D eigenvalue weighted by Gasteiger charge is -2.14. The Bertz CT molecular complexity index is 454. The Morgan fingerprint density at radius 2 is 1.76 bits per heavy atom. The van der Waals surface area contributed by atoms with E-state index >= 15 is 0 Å². The van der Waals surface area contributed by atoms with Crippen LogP contribution in [-0.4, -0.2) is 23.0 Å². The molecule has 0 bridgehead atoms. The van der Waals surface area contributed by atoms with E-state index in [9.17, 15) is 9.59 Å². The predicted octanol–water partition coefficient (Wildman–Crippen LogP) is 2.94. The molecule has 0 saturated carbocycles. The monoisotopic (exact) mass is 291 g/mol. The van der Waals surface area contributed by atoms with Crippen LogP contribution in [0.5, 0.6) is 0 Å². The summed E-state index contributed by atoms with van der Waals surface area (Å²) in [5.74, 6) is -1.01. The van der Waals surface area contributed by atoms with Crippen LogP contribution in [0.3, 0.4) is 0 Å². The summed E-state index contributed by atoms with van der Waals surface area (Å²) in [6, 6.07) is 7.78. The first kappa shape index (κ1) is 17.2. The summed E-state index contributed by atoms with van der Waals surface area (Å²) in [7, 11) is 0. The summed E-state index contributed by atoms with van der Waals surface area (Å²) in [6.07, 6.45) is 4.30. The SMILES string of the molecule is CCCCc1ccc(CC(=O)NC(CC)CC(=O)O)cc1. The van der Waals surface area contributed by atoms with Crippen LogP contribution in [0.25, 0.3) is 0 Å². The fourth-order valence-electron chi connectivity index (χ4n) is 2.18. The largest absolute Gasteiger partial charge is 0.481 e. The van der Waals surface area contributed by atoms with Gasteiger partial charge in [0, 0.05) is 6.04 Å². The molecule has 1 rings (SSSR count). The molecule has 0 aliphatic heterocycles.